The van der Waals surface area contributed by atoms with Crippen LogP contribution in [0.3, 0.4) is 0 Å². The molecule has 5 heteroatoms. The van der Waals surface area contributed by atoms with Gasteiger partial charge >= 0.3 is 5.91 Å². The van der Waals surface area contributed by atoms with Crippen LogP contribution in [0.5, 0.6) is 0 Å². The molecule has 22 heavy (non-hydrogen) atoms. The van der Waals surface area contributed by atoms with Crippen LogP contribution in [0, 0.1) is 5.92 Å². The summed E-state index contributed by atoms with van der Waals surface area (Å²) < 4.78 is 5.03. The number of nitrogens with one attached hydrogen (secondary N) is 1. The summed E-state index contributed by atoms with van der Waals surface area (Å²) in [5.74, 6) is -0.305. The van der Waals surface area contributed by atoms with Crippen molar-refractivity contribution >= 4 is 17.5 Å². The summed E-state index contributed by atoms with van der Waals surface area (Å²) in [5, 5.41) is 2.82. The summed E-state index contributed by atoms with van der Waals surface area (Å²) in [6, 6.07) is 3.21. The van der Waals surface area contributed by atoms with E-state index in [9.17, 15) is 9.59 Å². The molecule has 1 aromatic heterocycles. The van der Waals surface area contributed by atoms with Crippen molar-refractivity contribution in [2.75, 3.05) is 0 Å². The molecule has 0 aromatic carbocycles. The molecule has 0 bridgehead atoms. The highest BCUT2D eigenvalue weighted by Gasteiger charge is 2.25. The van der Waals surface area contributed by atoms with E-state index < -0.39 is 5.91 Å². The SMILES string of the molecule is CCCC1=CC(=O)NC2=CC(=NC(=O)c3ccco3)C=CC12. The minimum Gasteiger partial charge on any atom is -0.459 e. The zero-order valence-electron chi connectivity index (χ0n) is 12.2. The summed E-state index contributed by atoms with van der Waals surface area (Å²) >= 11 is 0. The van der Waals surface area contributed by atoms with E-state index in [2.05, 4.69) is 17.2 Å². The Morgan fingerprint density at radius 2 is 2.27 bits per heavy atom. The van der Waals surface area contributed by atoms with Crippen molar-refractivity contribution in [1.29, 1.82) is 0 Å². The number of furan rings is 1. The minimum atomic E-state index is -0.439. The predicted molar refractivity (Wildman–Crippen MR) is 82.3 cm³/mol. The lowest BCUT2D eigenvalue weighted by atomic mass is 9.85. The first-order valence-electron chi connectivity index (χ1n) is 7.25. The lowest BCUT2D eigenvalue weighted by molar-refractivity contribution is -0.116. The monoisotopic (exact) mass is 296 g/mol. The summed E-state index contributed by atoms with van der Waals surface area (Å²) in [5.41, 5.74) is 2.36. The van der Waals surface area contributed by atoms with Gasteiger partial charge in [-0.2, -0.15) is 0 Å². The van der Waals surface area contributed by atoms with Crippen LogP contribution in [0.2, 0.25) is 0 Å². The smallest absolute Gasteiger partial charge is 0.313 e. The zero-order chi connectivity index (χ0) is 15.5. The Bertz CT molecular complexity index is 721. The lowest BCUT2D eigenvalue weighted by Gasteiger charge is -2.27. The number of fused-ring (bicyclic) bond motifs is 1. The molecule has 0 saturated heterocycles. The zero-order valence-corrected chi connectivity index (χ0v) is 12.2. The van der Waals surface area contributed by atoms with Crippen molar-refractivity contribution in [2.45, 2.75) is 19.8 Å². The van der Waals surface area contributed by atoms with Gasteiger partial charge in [-0.3, -0.25) is 9.59 Å². The molecular formula is C17H16N2O3. The number of rotatable bonds is 3. The Labute approximate surface area is 128 Å². The van der Waals surface area contributed by atoms with Gasteiger partial charge in [0.05, 0.1) is 12.0 Å². The number of allylic oxidation sites excluding steroid dienone is 3. The van der Waals surface area contributed by atoms with Gasteiger partial charge in [-0.25, -0.2) is 4.99 Å². The van der Waals surface area contributed by atoms with Crippen molar-refractivity contribution < 1.29 is 14.0 Å². The van der Waals surface area contributed by atoms with E-state index in [-0.39, 0.29) is 17.6 Å². The largest absolute Gasteiger partial charge is 0.459 e. The molecule has 3 rings (SSSR count). The van der Waals surface area contributed by atoms with Crippen LogP contribution < -0.4 is 5.32 Å². The first kappa shape index (κ1) is 14.3. The molecule has 0 spiro atoms. The number of hydrogen-bond acceptors (Lipinski definition) is 3. The first-order valence-corrected chi connectivity index (χ1v) is 7.25. The van der Waals surface area contributed by atoms with Crippen molar-refractivity contribution in [3.05, 3.63) is 59.7 Å². The van der Waals surface area contributed by atoms with E-state index in [4.69, 9.17) is 4.42 Å². The highest BCUT2D eigenvalue weighted by atomic mass is 16.3. The lowest BCUT2D eigenvalue weighted by Crippen LogP contribution is -2.33. The molecule has 0 radical (unpaired) electrons. The molecule has 112 valence electrons. The fourth-order valence-corrected chi connectivity index (χ4v) is 2.63. The topological polar surface area (TPSA) is 71.7 Å². The minimum absolute atomic E-state index is 0.0651. The number of nitrogens with zero attached hydrogens (tertiary/aromatic N) is 1. The Morgan fingerprint density at radius 1 is 1.41 bits per heavy atom. The second kappa shape index (κ2) is 5.97. The third kappa shape index (κ3) is 2.83. The van der Waals surface area contributed by atoms with Gasteiger partial charge in [0.2, 0.25) is 5.91 Å². The highest BCUT2D eigenvalue weighted by molar-refractivity contribution is 6.13. The Balaban J connectivity index is 1.86. The molecule has 1 unspecified atom stereocenters. The van der Waals surface area contributed by atoms with Gasteiger partial charge in [0.25, 0.3) is 0 Å². The molecule has 1 aliphatic heterocycles. The third-order valence-electron chi connectivity index (χ3n) is 3.58. The standard InChI is InChI=1S/C17H16N2O3/c1-2-4-11-9-16(20)19-14-10-12(6-7-13(11)14)18-17(21)15-5-3-8-22-15/h3,5-10,13H,2,4H2,1H3,(H,19,20). The fourth-order valence-electron chi connectivity index (χ4n) is 2.63. The maximum Gasteiger partial charge on any atom is 0.313 e. The molecule has 1 N–H and O–H groups in total. The molecular weight excluding hydrogens is 280 g/mol. The summed E-state index contributed by atoms with van der Waals surface area (Å²) in [6.45, 7) is 2.08. The van der Waals surface area contributed by atoms with Gasteiger partial charge in [-0.1, -0.05) is 25.0 Å². The van der Waals surface area contributed by atoms with Crippen LogP contribution in [0.15, 0.2) is 63.4 Å². The van der Waals surface area contributed by atoms with Gasteiger partial charge in [0, 0.05) is 17.7 Å². The van der Waals surface area contributed by atoms with Crippen molar-refractivity contribution in [2.24, 2.45) is 10.9 Å². The quantitative estimate of drug-likeness (QED) is 0.932. The molecule has 2 amide bonds. The van der Waals surface area contributed by atoms with E-state index in [1.54, 1.807) is 30.4 Å². The normalized spacial score (nSPS) is 22.0. The van der Waals surface area contributed by atoms with Gasteiger partial charge in [-0.15, -0.1) is 0 Å². The van der Waals surface area contributed by atoms with E-state index >= 15 is 0 Å². The number of aliphatic imine (C=N–C) groups is 1. The van der Waals surface area contributed by atoms with Crippen LogP contribution >= 0.6 is 0 Å². The Morgan fingerprint density at radius 3 is 3.00 bits per heavy atom. The molecule has 2 heterocycles. The van der Waals surface area contributed by atoms with Crippen molar-refractivity contribution in [3.8, 4) is 0 Å². The first-order chi connectivity index (χ1) is 10.7. The van der Waals surface area contributed by atoms with Crippen LogP contribution in [0.25, 0.3) is 0 Å². The maximum absolute atomic E-state index is 11.9. The van der Waals surface area contributed by atoms with E-state index in [0.29, 0.717) is 5.71 Å². The van der Waals surface area contributed by atoms with Gasteiger partial charge in [0.15, 0.2) is 5.76 Å². The van der Waals surface area contributed by atoms with E-state index in [1.807, 2.05) is 6.08 Å². The summed E-state index contributed by atoms with van der Waals surface area (Å²) in [7, 11) is 0. The van der Waals surface area contributed by atoms with Crippen molar-refractivity contribution in [3.63, 3.8) is 0 Å². The number of carbonyl (C=O) groups is 2. The molecule has 0 saturated carbocycles. The average molecular weight is 296 g/mol. The molecule has 1 aromatic rings. The number of carbonyl (C=O) groups excluding carboxylic acids is 2. The second-order valence-electron chi connectivity index (χ2n) is 5.21. The molecule has 5 nitrogen and oxygen atoms in total. The van der Waals surface area contributed by atoms with Crippen LogP contribution in [-0.4, -0.2) is 17.5 Å². The maximum atomic E-state index is 11.9. The fraction of sp³-hybridized carbons (Fsp3) is 0.235. The Kier molecular flexibility index (Phi) is 3.87. The molecule has 1 atom stereocenters. The average Bonchev–Trinajstić information content (AvgIpc) is 3.01. The van der Waals surface area contributed by atoms with Gasteiger partial charge in [-0.05, 0) is 30.7 Å². The summed E-state index contributed by atoms with van der Waals surface area (Å²) in [4.78, 5) is 27.7. The Hall–Kier alpha value is -2.69. The number of hydrogen-bond donors (Lipinski definition) is 1. The molecule has 0 fully saturated rings. The van der Waals surface area contributed by atoms with E-state index in [1.165, 1.54) is 6.26 Å². The van der Waals surface area contributed by atoms with Crippen molar-refractivity contribution in [1.82, 2.24) is 5.32 Å². The predicted octanol–water partition coefficient (Wildman–Crippen LogP) is 2.79. The number of amides is 2. The highest BCUT2D eigenvalue weighted by Crippen LogP contribution is 2.29. The van der Waals surface area contributed by atoms with Crippen LogP contribution in [0.1, 0.15) is 30.3 Å². The van der Waals surface area contributed by atoms with E-state index in [0.717, 1.165) is 24.1 Å². The molecule has 2 aliphatic rings. The summed E-state index contributed by atoms with van der Waals surface area (Å²) in [6.07, 6.45) is 10.5. The molecule has 1 aliphatic carbocycles. The van der Waals surface area contributed by atoms with Gasteiger partial charge < -0.3 is 9.73 Å². The second-order valence-corrected chi connectivity index (χ2v) is 5.21. The third-order valence-corrected chi connectivity index (χ3v) is 3.58. The van der Waals surface area contributed by atoms with Crippen LogP contribution in [-0.2, 0) is 4.79 Å². The van der Waals surface area contributed by atoms with Gasteiger partial charge in [0.1, 0.15) is 0 Å². The van der Waals surface area contributed by atoms with Crippen LogP contribution in [0.4, 0.5) is 0 Å².